The van der Waals surface area contributed by atoms with E-state index >= 15 is 0 Å². The molecular weight excluding hydrogens is 170 g/mol. The van der Waals surface area contributed by atoms with Crippen LogP contribution in [0.15, 0.2) is 4.52 Å². The molecule has 5 nitrogen and oxygen atoms in total. The topological polar surface area (TPSA) is 74.2 Å². The van der Waals surface area contributed by atoms with E-state index in [1.807, 2.05) is 0 Å². The quantitative estimate of drug-likeness (QED) is 0.727. The third kappa shape index (κ3) is 2.18. The summed E-state index contributed by atoms with van der Waals surface area (Å²) in [7, 11) is 0. The van der Waals surface area contributed by atoms with Gasteiger partial charge in [0.05, 0.1) is 0 Å². The highest BCUT2D eigenvalue weighted by molar-refractivity contribution is 5.10. The maximum Gasteiger partial charge on any atom is 0.260 e. The summed E-state index contributed by atoms with van der Waals surface area (Å²) < 4.78 is 10.2. The molecule has 1 saturated heterocycles. The van der Waals surface area contributed by atoms with Crippen LogP contribution in [0.25, 0.3) is 0 Å². The van der Waals surface area contributed by atoms with Gasteiger partial charge in [-0.25, -0.2) is 0 Å². The Labute approximate surface area is 76.3 Å². The van der Waals surface area contributed by atoms with Crippen molar-refractivity contribution in [2.45, 2.75) is 19.3 Å². The highest BCUT2D eigenvalue weighted by Gasteiger charge is 2.17. The smallest absolute Gasteiger partial charge is 0.260 e. The monoisotopic (exact) mass is 183 g/mol. The second-order valence-electron chi connectivity index (χ2n) is 3.31. The predicted molar refractivity (Wildman–Crippen MR) is 46.0 cm³/mol. The van der Waals surface area contributed by atoms with Gasteiger partial charge in [-0.2, -0.15) is 4.98 Å². The molecule has 1 aromatic heterocycles. The van der Waals surface area contributed by atoms with Gasteiger partial charge in [0, 0.05) is 19.6 Å². The molecule has 1 aliphatic heterocycles. The number of anilines is 1. The first-order valence-electron chi connectivity index (χ1n) is 4.50. The Bertz CT molecular complexity index is 268. The molecule has 1 aliphatic rings. The minimum atomic E-state index is 0.224. The summed E-state index contributed by atoms with van der Waals surface area (Å²) in [6.45, 7) is 1.68. The Balaban J connectivity index is 1.89. The highest BCUT2D eigenvalue weighted by atomic mass is 16.5. The Kier molecular flexibility index (Phi) is 2.44. The van der Waals surface area contributed by atoms with Crippen LogP contribution in [0.2, 0.25) is 0 Å². The summed E-state index contributed by atoms with van der Waals surface area (Å²) in [6.07, 6.45) is 2.97. The van der Waals surface area contributed by atoms with Crippen LogP contribution >= 0.6 is 0 Å². The average molecular weight is 183 g/mol. The van der Waals surface area contributed by atoms with Crippen molar-refractivity contribution < 1.29 is 9.26 Å². The number of ether oxygens (including phenoxy) is 1. The summed E-state index contributed by atoms with van der Waals surface area (Å²) in [5.41, 5.74) is 5.34. The molecule has 0 aromatic carbocycles. The molecular formula is C8H13N3O2. The van der Waals surface area contributed by atoms with Gasteiger partial charge in [-0.05, 0) is 23.9 Å². The van der Waals surface area contributed by atoms with E-state index in [1.54, 1.807) is 0 Å². The van der Waals surface area contributed by atoms with Gasteiger partial charge in [0.2, 0.25) is 5.89 Å². The molecule has 0 amide bonds. The zero-order chi connectivity index (χ0) is 9.10. The van der Waals surface area contributed by atoms with Gasteiger partial charge >= 0.3 is 0 Å². The van der Waals surface area contributed by atoms with Gasteiger partial charge in [0.25, 0.3) is 5.95 Å². The van der Waals surface area contributed by atoms with E-state index in [9.17, 15) is 0 Å². The number of aromatic nitrogens is 2. The minimum absolute atomic E-state index is 0.224. The maximum atomic E-state index is 5.34. The van der Waals surface area contributed by atoms with Crippen LogP contribution in [0.5, 0.6) is 0 Å². The van der Waals surface area contributed by atoms with Gasteiger partial charge in [-0.3, -0.25) is 0 Å². The Morgan fingerprint density at radius 3 is 2.77 bits per heavy atom. The molecule has 0 spiro atoms. The second kappa shape index (κ2) is 3.74. The molecule has 5 heteroatoms. The normalized spacial score (nSPS) is 19.1. The third-order valence-corrected chi connectivity index (χ3v) is 2.29. The van der Waals surface area contributed by atoms with Gasteiger partial charge < -0.3 is 15.0 Å². The Morgan fingerprint density at radius 1 is 1.38 bits per heavy atom. The van der Waals surface area contributed by atoms with Gasteiger partial charge in [0.1, 0.15) is 0 Å². The zero-order valence-electron chi connectivity index (χ0n) is 7.40. The van der Waals surface area contributed by atoms with E-state index in [0.29, 0.717) is 11.8 Å². The van der Waals surface area contributed by atoms with Crippen molar-refractivity contribution in [2.24, 2.45) is 5.92 Å². The fourth-order valence-corrected chi connectivity index (χ4v) is 1.55. The molecule has 1 fully saturated rings. The molecule has 0 atom stereocenters. The van der Waals surface area contributed by atoms with E-state index in [-0.39, 0.29) is 5.95 Å². The second-order valence-corrected chi connectivity index (χ2v) is 3.31. The summed E-state index contributed by atoms with van der Waals surface area (Å²) >= 11 is 0. The standard InChI is InChI=1S/C8H13N3O2/c9-8-10-7(13-11-8)5-6-1-3-12-4-2-6/h6H,1-5H2,(H2,9,11). The van der Waals surface area contributed by atoms with Crippen LogP contribution in [0.1, 0.15) is 18.7 Å². The number of hydrogen-bond donors (Lipinski definition) is 1. The molecule has 2 N–H and O–H groups in total. The lowest BCUT2D eigenvalue weighted by Crippen LogP contribution is -2.17. The SMILES string of the molecule is Nc1noc(CC2CCOCC2)n1. The number of nitrogen functional groups attached to an aromatic ring is 1. The van der Waals surface area contributed by atoms with Crippen LogP contribution in [-0.2, 0) is 11.2 Å². The fraction of sp³-hybridized carbons (Fsp3) is 0.750. The van der Waals surface area contributed by atoms with Crippen molar-refractivity contribution in [1.82, 2.24) is 10.1 Å². The fourth-order valence-electron chi connectivity index (χ4n) is 1.55. The van der Waals surface area contributed by atoms with E-state index < -0.39 is 0 Å². The molecule has 2 rings (SSSR count). The molecule has 0 radical (unpaired) electrons. The number of rotatable bonds is 2. The molecule has 72 valence electrons. The van der Waals surface area contributed by atoms with Crippen molar-refractivity contribution in [3.05, 3.63) is 5.89 Å². The van der Waals surface area contributed by atoms with Gasteiger partial charge in [-0.15, -0.1) is 0 Å². The Hall–Kier alpha value is -1.10. The number of hydrogen-bond acceptors (Lipinski definition) is 5. The summed E-state index contributed by atoms with van der Waals surface area (Å²) in [6, 6.07) is 0. The van der Waals surface area contributed by atoms with E-state index in [0.717, 1.165) is 32.5 Å². The first-order chi connectivity index (χ1) is 6.34. The van der Waals surface area contributed by atoms with Crippen LogP contribution in [0.3, 0.4) is 0 Å². The predicted octanol–water partition coefficient (Wildman–Crippen LogP) is 0.621. The van der Waals surface area contributed by atoms with E-state index in [2.05, 4.69) is 10.1 Å². The van der Waals surface area contributed by atoms with Crippen LogP contribution in [0, 0.1) is 5.92 Å². The van der Waals surface area contributed by atoms with Crippen molar-refractivity contribution >= 4 is 5.95 Å². The van der Waals surface area contributed by atoms with Crippen LogP contribution in [0.4, 0.5) is 5.95 Å². The van der Waals surface area contributed by atoms with E-state index in [4.69, 9.17) is 15.0 Å². The highest BCUT2D eigenvalue weighted by Crippen LogP contribution is 2.19. The van der Waals surface area contributed by atoms with Crippen molar-refractivity contribution in [2.75, 3.05) is 18.9 Å². The van der Waals surface area contributed by atoms with Crippen LogP contribution in [-0.4, -0.2) is 23.4 Å². The summed E-state index contributed by atoms with van der Waals surface area (Å²) in [5.74, 6) is 1.47. The van der Waals surface area contributed by atoms with Gasteiger partial charge in [0.15, 0.2) is 0 Å². The molecule has 0 saturated carbocycles. The van der Waals surface area contributed by atoms with E-state index in [1.165, 1.54) is 0 Å². The minimum Gasteiger partial charge on any atom is -0.381 e. The summed E-state index contributed by atoms with van der Waals surface area (Å²) in [5, 5.41) is 3.54. The lowest BCUT2D eigenvalue weighted by molar-refractivity contribution is 0.0642. The lowest BCUT2D eigenvalue weighted by Gasteiger charge is -2.19. The van der Waals surface area contributed by atoms with Crippen LogP contribution < -0.4 is 5.73 Å². The molecule has 13 heavy (non-hydrogen) atoms. The lowest BCUT2D eigenvalue weighted by atomic mass is 9.97. The third-order valence-electron chi connectivity index (χ3n) is 2.29. The maximum absolute atomic E-state index is 5.34. The summed E-state index contributed by atoms with van der Waals surface area (Å²) in [4.78, 5) is 3.96. The Morgan fingerprint density at radius 2 is 2.15 bits per heavy atom. The number of nitrogens with two attached hydrogens (primary N) is 1. The molecule has 0 bridgehead atoms. The van der Waals surface area contributed by atoms with Crippen molar-refractivity contribution in [3.8, 4) is 0 Å². The molecule has 2 heterocycles. The number of nitrogens with zero attached hydrogens (tertiary/aromatic N) is 2. The molecule has 1 aromatic rings. The van der Waals surface area contributed by atoms with Crippen molar-refractivity contribution in [1.29, 1.82) is 0 Å². The molecule has 0 unspecified atom stereocenters. The van der Waals surface area contributed by atoms with Crippen molar-refractivity contribution in [3.63, 3.8) is 0 Å². The van der Waals surface area contributed by atoms with Gasteiger partial charge in [-0.1, -0.05) is 0 Å². The first kappa shape index (κ1) is 8.50. The first-order valence-corrected chi connectivity index (χ1v) is 4.50. The average Bonchev–Trinajstić information content (AvgIpc) is 2.53. The largest absolute Gasteiger partial charge is 0.381 e. The zero-order valence-corrected chi connectivity index (χ0v) is 7.40. The molecule has 0 aliphatic carbocycles.